The fraction of sp³-hybridized carbons (Fsp3) is 0.769. The Bertz CT molecular complexity index is 783. The molecule has 0 aromatic carbocycles. The van der Waals surface area contributed by atoms with Crippen molar-refractivity contribution in [1.82, 2.24) is 0 Å². The molecule has 0 heterocycles. The van der Waals surface area contributed by atoms with Gasteiger partial charge >= 0.3 is 11.9 Å². The molecule has 0 spiro atoms. The Morgan fingerprint density at radius 2 is 1.88 bits per heavy atom. The lowest BCUT2D eigenvalue weighted by Gasteiger charge is -2.35. The molecule has 0 amide bonds. The van der Waals surface area contributed by atoms with Crippen molar-refractivity contribution >= 4 is 20.0 Å². The van der Waals surface area contributed by atoms with Crippen molar-refractivity contribution in [3.8, 4) is 0 Å². The van der Waals surface area contributed by atoms with Gasteiger partial charge in [0.15, 0.2) is 0 Å². The highest BCUT2D eigenvalue weighted by atomic mass is 28.3. The van der Waals surface area contributed by atoms with Crippen molar-refractivity contribution in [3.63, 3.8) is 0 Å². The molecule has 0 bridgehead atoms. The van der Waals surface area contributed by atoms with Crippen LogP contribution < -0.4 is 0 Å². The SMILES string of the molecule is C=C1[C@@H](OCOCC[Si](C)(C)C)C[C@](C)(O)[C@H]2C[C@@H](OC(=O)/C(C)=C\C)[C@H](C)[C@H]2[C@@H]1OC(C)=O. The van der Waals surface area contributed by atoms with Gasteiger partial charge in [0.1, 0.15) is 19.0 Å². The predicted molar refractivity (Wildman–Crippen MR) is 134 cm³/mol. The van der Waals surface area contributed by atoms with Crippen LogP contribution in [0.3, 0.4) is 0 Å². The number of hydrogen-bond acceptors (Lipinski definition) is 7. The standard InChI is InChI=1S/C26H44O7Si/c1-10-16(2)25(28)33-21-13-20-23(17(21)3)24(32-19(5)27)18(4)22(14-26(20,6)29)31-15-30-11-12-34(7,8)9/h10,17,20-24,29H,4,11-15H2,1-3,5-9H3/b16-10-/t17-,20-,21+,22-,23+,24+,26-/m0/s1. The molecule has 1 N–H and O–H groups in total. The normalized spacial score (nSPS) is 34.4. The second-order valence-corrected chi connectivity index (χ2v) is 17.0. The highest BCUT2D eigenvalue weighted by Crippen LogP contribution is 2.52. The number of hydrogen-bond donors (Lipinski definition) is 1. The number of aliphatic hydroxyl groups is 1. The Kier molecular flexibility index (Phi) is 9.73. The van der Waals surface area contributed by atoms with Crippen LogP contribution in [-0.2, 0) is 28.5 Å². The van der Waals surface area contributed by atoms with Gasteiger partial charge in [-0.1, -0.05) is 39.2 Å². The molecule has 34 heavy (non-hydrogen) atoms. The molecule has 0 unspecified atom stereocenters. The highest BCUT2D eigenvalue weighted by Gasteiger charge is 2.57. The summed E-state index contributed by atoms with van der Waals surface area (Å²) < 4.78 is 23.3. The third kappa shape index (κ3) is 7.26. The molecule has 2 saturated carbocycles. The molecule has 0 aliphatic heterocycles. The van der Waals surface area contributed by atoms with E-state index in [0.29, 0.717) is 30.6 Å². The Morgan fingerprint density at radius 1 is 1.24 bits per heavy atom. The molecular formula is C26H44O7Si. The Labute approximate surface area is 205 Å². The van der Waals surface area contributed by atoms with E-state index >= 15 is 0 Å². The summed E-state index contributed by atoms with van der Waals surface area (Å²) in [7, 11) is -1.21. The molecule has 0 aromatic rings. The fourth-order valence-electron chi connectivity index (χ4n) is 5.05. The second kappa shape index (κ2) is 11.5. The maximum Gasteiger partial charge on any atom is 0.333 e. The number of carbonyl (C=O) groups excluding carboxylic acids is 2. The number of rotatable bonds is 9. The minimum atomic E-state index is -1.21. The summed E-state index contributed by atoms with van der Waals surface area (Å²) in [5.74, 6) is -1.44. The average Bonchev–Trinajstić information content (AvgIpc) is 3.02. The summed E-state index contributed by atoms with van der Waals surface area (Å²) in [6.07, 6.45) is 0.931. The van der Waals surface area contributed by atoms with Gasteiger partial charge in [-0.15, -0.1) is 0 Å². The van der Waals surface area contributed by atoms with Gasteiger partial charge in [0, 0.05) is 45.4 Å². The van der Waals surface area contributed by atoms with Crippen molar-refractivity contribution in [2.75, 3.05) is 13.4 Å². The van der Waals surface area contributed by atoms with Gasteiger partial charge < -0.3 is 24.1 Å². The van der Waals surface area contributed by atoms with E-state index in [4.69, 9.17) is 18.9 Å². The van der Waals surface area contributed by atoms with Gasteiger partial charge in [0.2, 0.25) is 0 Å². The monoisotopic (exact) mass is 496 g/mol. The topological polar surface area (TPSA) is 91.3 Å². The lowest BCUT2D eigenvalue weighted by molar-refractivity contribution is -0.152. The third-order valence-corrected chi connectivity index (χ3v) is 9.03. The number of carbonyl (C=O) groups is 2. The maximum atomic E-state index is 12.4. The minimum absolute atomic E-state index is 0.0881. The Hall–Kier alpha value is -1.48. The van der Waals surface area contributed by atoms with Crippen LogP contribution in [0.25, 0.3) is 0 Å². The first-order chi connectivity index (χ1) is 15.7. The fourth-order valence-corrected chi connectivity index (χ4v) is 5.81. The largest absolute Gasteiger partial charge is 0.459 e. The predicted octanol–water partition coefficient (Wildman–Crippen LogP) is 4.48. The Balaban J connectivity index is 2.22. The number of fused-ring (bicyclic) bond motifs is 1. The first-order valence-electron chi connectivity index (χ1n) is 12.3. The van der Waals surface area contributed by atoms with Gasteiger partial charge in [-0.3, -0.25) is 4.79 Å². The average molecular weight is 497 g/mol. The van der Waals surface area contributed by atoms with Gasteiger partial charge in [0.25, 0.3) is 0 Å². The third-order valence-electron chi connectivity index (χ3n) is 7.33. The molecule has 7 nitrogen and oxygen atoms in total. The summed E-state index contributed by atoms with van der Waals surface area (Å²) in [5.41, 5.74) is 0.0196. The maximum absolute atomic E-state index is 12.4. The minimum Gasteiger partial charge on any atom is -0.459 e. The van der Waals surface area contributed by atoms with Crippen LogP contribution in [0.1, 0.15) is 47.5 Å². The molecule has 7 atom stereocenters. The van der Waals surface area contributed by atoms with E-state index in [-0.39, 0.29) is 30.5 Å². The van der Waals surface area contributed by atoms with E-state index in [9.17, 15) is 14.7 Å². The zero-order valence-corrected chi connectivity index (χ0v) is 23.2. The molecular weight excluding hydrogens is 452 g/mol. The molecule has 0 aromatic heterocycles. The number of esters is 2. The zero-order chi connectivity index (χ0) is 25.8. The first kappa shape index (κ1) is 28.8. The molecule has 8 heteroatoms. The lowest BCUT2D eigenvalue weighted by atomic mass is 9.77. The van der Waals surface area contributed by atoms with Gasteiger partial charge in [-0.25, -0.2) is 4.79 Å². The van der Waals surface area contributed by atoms with E-state index < -0.39 is 38.0 Å². The summed E-state index contributed by atoms with van der Waals surface area (Å²) in [6.45, 7) is 20.4. The molecule has 2 aliphatic rings. The van der Waals surface area contributed by atoms with Crippen LogP contribution in [0, 0.1) is 17.8 Å². The van der Waals surface area contributed by atoms with E-state index in [1.54, 1.807) is 26.8 Å². The van der Waals surface area contributed by atoms with Crippen LogP contribution in [0.15, 0.2) is 23.8 Å². The molecule has 194 valence electrons. The summed E-state index contributed by atoms with van der Waals surface area (Å²) in [5, 5.41) is 11.6. The second-order valence-electron chi connectivity index (χ2n) is 11.4. The van der Waals surface area contributed by atoms with Crippen LogP contribution in [-0.4, -0.2) is 62.4 Å². The van der Waals surface area contributed by atoms with Crippen molar-refractivity contribution in [1.29, 1.82) is 0 Å². The van der Waals surface area contributed by atoms with E-state index in [1.807, 2.05) is 6.92 Å². The van der Waals surface area contributed by atoms with Crippen molar-refractivity contribution in [3.05, 3.63) is 23.8 Å². The highest BCUT2D eigenvalue weighted by molar-refractivity contribution is 6.76. The van der Waals surface area contributed by atoms with Gasteiger partial charge in [-0.2, -0.15) is 0 Å². The lowest BCUT2D eigenvalue weighted by Crippen LogP contribution is -2.41. The molecule has 2 aliphatic carbocycles. The molecule has 2 fully saturated rings. The summed E-state index contributed by atoms with van der Waals surface area (Å²) >= 11 is 0. The van der Waals surface area contributed by atoms with Crippen molar-refractivity contribution < 1.29 is 33.6 Å². The van der Waals surface area contributed by atoms with E-state index in [1.165, 1.54) is 6.92 Å². The first-order valence-corrected chi connectivity index (χ1v) is 16.0. The Morgan fingerprint density at radius 3 is 2.44 bits per heavy atom. The van der Waals surface area contributed by atoms with Crippen molar-refractivity contribution in [2.45, 2.75) is 97.1 Å². The number of allylic oxidation sites excluding steroid dienone is 1. The quantitative estimate of drug-likeness (QED) is 0.126. The van der Waals surface area contributed by atoms with Crippen LogP contribution in [0.4, 0.5) is 0 Å². The summed E-state index contributed by atoms with van der Waals surface area (Å²) in [6, 6.07) is 1.03. The molecule has 0 radical (unpaired) electrons. The molecule has 2 rings (SSSR count). The van der Waals surface area contributed by atoms with E-state index in [2.05, 4.69) is 26.2 Å². The smallest absolute Gasteiger partial charge is 0.333 e. The van der Waals surface area contributed by atoms with Gasteiger partial charge in [0.05, 0.1) is 11.7 Å². The van der Waals surface area contributed by atoms with Gasteiger partial charge in [-0.05, 0) is 44.7 Å². The van der Waals surface area contributed by atoms with E-state index in [0.717, 1.165) is 6.04 Å². The molecule has 0 saturated heterocycles. The zero-order valence-electron chi connectivity index (χ0n) is 22.2. The van der Waals surface area contributed by atoms with Crippen LogP contribution in [0.5, 0.6) is 0 Å². The van der Waals surface area contributed by atoms with Crippen LogP contribution >= 0.6 is 0 Å². The van der Waals surface area contributed by atoms with Crippen molar-refractivity contribution in [2.24, 2.45) is 17.8 Å². The number of ether oxygens (including phenoxy) is 4. The summed E-state index contributed by atoms with van der Waals surface area (Å²) in [4.78, 5) is 24.5. The van der Waals surface area contributed by atoms with Crippen LogP contribution in [0.2, 0.25) is 25.7 Å².